The van der Waals surface area contributed by atoms with E-state index in [9.17, 15) is 4.79 Å². The molecule has 1 N–H and O–H groups in total. The van der Waals surface area contributed by atoms with Crippen LogP contribution in [-0.4, -0.2) is 57.1 Å². The number of carbonyl (C=O) groups is 1. The standard InChI is InChI=1S/C7H15NO.C4H9NO.2C2H6/c1-2-3-8-4-6-9-7-5-8;1-4(6)3-5-2;2*1-2/h2-7H2,1H3;5H,3H2,1-2H3;2*1-2H3. The summed E-state index contributed by atoms with van der Waals surface area (Å²) in [6.45, 7) is 17.6. The molecular formula is C15H36N2O2. The van der Waals surface area contributed by atoms with Crippen molar-refractivity contribution in [3.8, 4) is 0 Å². The Morgan fingerprint density at radius 2 is 1.63 bits per heavy atom. The van der Waals surface area contributed by atoms with Crippen molar-refractivity contribution in [3.63, 3.8) is 0 Å². The normalized spacial score (nSPS) is 13.8. The highest BCUT2D eigenvalue weighted by atomic mass is 16.5. The van der Waals surface area contributed by atoms with Crippen LogP contribution in [0.5, 0.6) is 0 Å². The summed E-state index contributed by atoms with van der Waals surface area (Å²) in [5.41, 5.74) is 0. The van der Waals surface area contributed by atoms with Gasteiger partial charge in [0.25, 0.3) is 0 Å². The summed E-state index contributed by atoms with van der Waals surface area (Å²) in [7, 11) is 1.75. The summed E-state index contributed by atoms with van der Waals surface area (Å²) < 4.78 is 5.20. The highest BCUT2D eigenvalue weighted by molar-refractivity contribution is 5.77. The Kier molecular flexibility index (Phi) is 28.2. The van der Waals surface area contributed by atoms with Crippen LogP contribution in [0.2, 0.25) is 0 Å². The van der Waals surface area contributed by atoms with Gasteiger partial charge in [-0.1, -0.05) is 34.6 Å². The molecule has 0 saturated carbocycles. The van der Waals surface area contributed by atoms with Gasteiger partial charge in [0.15, 0.2) is 0 Å². The van der Waals surface area contributed by atoms with Crippen LogP contribution < -0.4 is 5.32 Å². The average Bonchev–Trinajstić information content (AvgIpc) is 2.45. The van der Waals surface area contributed by atoms with Crippen LogP contribution in [0.15, 0.2) is 0 Å². The van der Waals surface area contributed by atoms with Gasteiger partial charge in [-0.15, -0.1) is 0 Å². The van der Waals surface area contributed by atoms with E-state index in [0.717, 1.165) is 26.3 Å². The Balaban J connectivity index is -0.000000224. The number of hydrogen-bond acceptors (Lipinski definition) is 4. The summed E-state index contributed by atoms with van der Waals surface area (Å²) >= 11 is 0. The van der Waals surface area contributed by atoms with Crippen LogP contribution in [0.25, 0.3) is 0 Å². The SMILES string of the molecule is CC.CC.CCCN1CCOCC1.CNCC(C)=O. The molecule has 0 radical (unpaired) electrons. The molecule has 0 atom stereocenters. The topological polar surface area (TPSA) is 41.6 Å². The second-order valence-corrected chi connectivity index (χ2v) is 3.69. The van der Waals surface area contributed by atoms with E-state index in [-0.39, 0.29) is 5.78 Å². The number of ketones is 1. The zero-order chi connectivity index (χ0) is 15.5. The third kappa shape index (κ3) is 23.1. The summed E-state index contributed by atoms with van der Waals surface area (Å²) in [4.78, 5) is 12.4. The van der Waals surface area contributed by atoms with E-state index < -0.39 is 0 Å². The van der Waals surface area contributed by atoms with Gasteiger partial charge >= 0.3 is 0 Å². The summed E-state index contributed by atoms with van der Waals surface area (Å²) in [6.07, 6.45) is 1.26. The fourth-order valence-corrected chi connectivity index (χ4v) is 1.39. The number of nitrogens with one attached hydrogen (secondary N) is 1. The van der Waals surface area contributed by atoms with Crippen LogP contribution in [0, 0.1) is 0 Å². The predicted molar refractivity (Wildman–Crippen MR) is 84.9 cm³/mol. The summed E-state index contributed by atoms with van der Waals surface area (Å²) in [6, 6.07) is 0. The number of hydrogen-bond donors (Lipinski definition) is 1. The molecule has 1 aliphatic heterocycles. The molecule has 0 aromatic rings. The highest BCUT2D eigenvalue weighted by Crippen LogP contribution is 1.96. The second kappa shape index (κ2) is 22.7. The molecule has 1 rings (SSSR count). The van der Waals surface area contributed by atoms with Crippen molar-refractivity contribution in [1.29, 1.82) is 0 Å². The lowest BCUT2D eigenvalue weighted by Gasteiger charge is -2.25. The quantitative estimate of drug-likeness (QED) is 0.857. The molecule has 1 fully saturated rings. The van der Waals surface area contributed by atoms with Crippen molar-refractivity contribution in [3.05, 3.63) is 0 Å². The van der Waals surface area contributed by atoms with E-state index in [1.54, 1.807) is 14.0 Å². The largest absolute Gasteiger partial charge is 0.379 e. The third-order valence-electron chi connectivity index (χ3n) is 2.07. The van der Waals surface area contributed by atoms with Gasteiger partial charge in [0, 0.05) is 13.1 Å². The molecule has 0 aliphatic carbocycles. The fourth-order valence-electron chi connectivity index (χ4n) is 1.39. The van der Waals surface area contributed by atoms with Gasteiger partial charge in [-0.05, 0) is 26.9 Å². The minimum absolute atomic E-state index is 0.178. The van der Waals surface area contributed by atoms with Crippen molar-refractivity contribution in [2.24, 2.45) is 0 Å². The molecule has 0 spiro atoms. The molecule has 1 aliphatic rings. The van der Waals surface area contributed by atoms with Crippen molar-refractivity contribution < 1.29 is 9.53 Å². The van der Waals surface area contributed by atoms with E-state index >= 15 is 0 Å². The highest BCUT2D eigenvalue weighted by Gasteiger charge is 2.07. The Hall–Kier alpha value is -0.450. The lowest BCUT2D eigenvalue weighted by atomic mass is 10.4. The van der Waals surface area contributed by atoms with Crippen molar-refractivity contribution in [1.82, 2.24) is 10.2 Å². The monoisotopic (exact) mass is 276 g/mol. The first-order valence-corrected chi connectivity index (χ1v) is 7.64. The average molecular weight is 276 g/mol. The van der Waals surface area contributed by atoms with Crippen LogP contribution >= 0.6 is 0 Å². The number of carbonyl (C=O) groups excluding carboxylic acids is 1. The van der Waals surface area contributed by atoms with Crippen LogP contribution in [-0.2, 0) is 9.53 Å². The van der Waals surface area contributed by atoms with E-state index in [4.69, 9.17) is 4.74 Å². The molecule has 0 aromatic carbocycles. The zero-order valence-electron chi connectivity index (χ0n) is 14.2. The molecule has 1 saturated heterocycles. The molecule has 0 unspecified atom stereocenters. The number of ether oxygens (including phenoxy) is 1. The third-order valence-corrected chi connectivity index (χ3v) is 2.07. The Morgan fingerprint density at radius 1 is 1.16 bits per heavy atom. The van der Waals surface area contributed by atoms with E-state index in [1.807, 2.05) is 27.7 Å². The van der Waals surface area contributed by atoms with Gasteiger partial charge in [0.2, 0.25) is 0 Å². The summed E-state index contributed by atoms with van der Waals surface area (Å²) in [5.74, 6) is 0.178. The number of rotatable bonds is 4. The van der Waals surface area contributed by atoms with Crippen molar-refractivity contribution >= 4 is 5.78 Å². The first-order chi connectivity index (χ1) is 9.20. The van der Waals surface area contributed by atoms with E-state index in [2.05, 4.69) is 17.1 Å². The Bertz CT molecular complexity index is 155. The van der Waals surface area contributed by atoms with Gasteiger partial charge in [-0.2, -0.15) is 0 Å². The maximum atomic E-state index is 9.98. The van der Waals surface area contributed by atoms with E-state index in [1.165, 1.54) is 13.0 Å². The fraction of sp³-hybridized carbons (Fsp3) is 0.933. The molecule has 0 amide bonds. The lowest BCUT2D eigenvalue weighted by Crippen LogP contribution is -2.36. The Morgan fingerprint density at radius 3 is 1.89 bits per heavy atom. The van der Waals surface area contributed by atoms with Crippen LogP contribution in [0.1, 0.15) is 48.0 Å². The molecule has 19 heavy (non-hydrogen) atoms. The number of nitrogens with zero attached hydrogens (tertiary/aromatic N) is 1. The van der Waals surface area contributed by atoms with Crippen LogP contribution in [0.4, 0.5) is 0 Å². The minimum atomic E-state index is 0.178. The minimum Gasteiger partial charge on any atom is -0.379 e. The van der Waals surface area contributed by atoms with Crippen LogP contribution in [0.3, 0.4) is 0 Å². The maximum absolute atomic E-state index is 9.98. The lowest BCUT2D eigenvalue weighted by molar-refractivity contribution is -0.116. The molecule has 118 valence electrons. The zero-order valence-corrected chi connectivity index (χ0v) is 14.2. The molecule has 4 nitrogen and oxygen atoms in total. The number of morpholine rings is 1. The van der Waals surface area contributed by atoms with Gasteiger partial charge < -0.3 is 10.1 Å². The van der Waals surface area contributed by atoms with Gasteiger partial charge in [0.05, 0.1) is 19.8 Å². The summed E-state index contributed by atoms with van der Waals surface area (Å²) in [5, 5.41) is 2.72. The molecule has 1 heterocycles. The molecule has 0 bridgehead atoms. The molecule has 4 heteroatoms. The first kappa shape index (κ1) is 23.6. The smallest absolute Gasteiger partial charge is 0.143 e. The second-order valence-electron chi connectivity index (χ2n) is 3.69. The number of likely N-dealkylation sites (N-methyl/N-ethyl adjacent to an activating group) is 1. The predicted octanol–water partition coefficient (Wildman–Crippen LogP) is 2.58. The van der Waals surface area contributed by atoms with Gasteiger partial charge in [-0.3, -0.25) is 9.69 Å². The molecular weight excluding hydrogens is 240 g/mol. The molecule has 0 aromatic heterocycles. The maximum Gasteiger partial charge on any atom is 0.143 e. The number of Topliss-reactive ketones (excluding diaryl/α,β-unsaturated/α-hetero) is 1. The van der Waals surface area contributed by atoms with Gasteiger partial charge in [0.1, 0.15) is 5.78 Å². The van der Waals surface area contributed by atoms with Crippen molar-refractivity contribution in [2.45, 2.75) is 48.0 Å². The van der Waals surface area contributed by atoms with Crippen molar-refractivity contribution in [2.75, 3.05) is 46.4 Å². The van der Waals surface area contributed by atoms with Gasteiger partial charge in [-0.25, -0.2) is 0 Å². The Labute approximate surface area is 120 Å². The first-order valence-electron chi connectivity index (χ1n) is 7.64. The van der Waals surface area contributed by atoms with E-state index in [0.29, 0.717) is 6.54 Å².